The van der Waals surface area contributed by atoms with Crippen LogP contribution in [0.2, 0.25) is 0 Å². The van der Waals surface area contributed by atoms with E-state index in [0.29, 0.717) is 5.92 Å². The maximum absolute atomic E-state index is 4.54. The second kappa shape index (κ2) is 7.33. The van der Waals surface area contributed by atoms with E-state index in [1.807, 2.05) is 28.6 Å². The second-order valence-corrected chi connectivity index (χ2v) is 7.10. The first kappa shape index (κ1) is 16.8. The van der Waals surface area contributed by atoms with Crippen molar-refractivity contribution in [3.63, 3.8) is 0 Å². The number of aryl methyl sites for hydroxylation is 2. The SMILES string of the molecule is Cc1cc(C)n(-c2ccc(CCNC[C@@H]3CNc4ccnn4C3)cc2)n1. The van der Waals surface area contributed by atoms with Gasteiger partial charge in [-0.05, 0) is 50.6 Å². The number of rotatable bonds is 6. The van der Waals surface area contributed by atoms with Crippen LogP contribution in [-0.2, 0) is 13.0 Å². The van der Waals surface area contributed by atoms with Gasteiger partial charge < -0.3 is 10.6 Å². The van der Waals surface area contributed by atoms with E-state index in [-0.39, 0.29) is 0 Å². The topological polar surface area (TPSA) is 59.7 Å². The number of benzene rings is 1. The summed E-state index contributed by atoms with van der Waals surface area (Å²) < 4.78 is 4.05. The molecule has 0 unspecified atom stereocenters. The van der Waals surface area contributed by atoms with Gasteiger partial charge >= 0.3 is 0 Å². The van der Waals surface area contributed by atoms with Crippen LogP contribution >= 0.6 is 0 Å². The summed E-state index contributed by atoms with van der Waals surface area (Å²) in [6, 6.07) is 12.8. The van der Waals surface area contributed by atoms with Crippen LogP contribution in [-0.4, -0.2) is 39.2 Å². The molecule has 1 aliphatic rings. The van der Waals surface area contributed by atoms with Crippen molar-refractivity contribution in [3.05, 3.63) is 59.5 Å². The van der Waals surface area contributed by atoms with Crippen molar-refractivity contribution in [2.45, 2.75) is 26.8 Å². The van der Waals surface area contributed by atoms with Gasteiger partial charge in [-0.3, -0.25) is 0 Å². The van der Waals surface area contributed by atoms with Crippen molar-refractivity contribution >= 4 is 5.82 Å². The van der Waals surface area contributed by atoms with Gasteiger partial charge in [0.25, 0.3) is 0 Å². The highest BCUT2D eigenvalue weighted by Crippen LogP contribution is 2.16. The predicted octanol–water partition coefficient (Wildman–Crippen LogP) is 2.56. The zero-order valence-corrected chi connectivity index (χ0v) is 15.4. The highest BCUT2D eigenvalue weighted by molar-refractivity contribution is 5.36. The van der Waals surface area contributed by atoms with Gasteiger partial charge in [0.2, 0.25) is 0 Å². The van der Waals surface area contributed by atoms with Crippen molar-refractivity contribution in [2.24, 2.45) is 5.92 Å². The largest absolute Gasteiger partial charge is 0.370 e. The van der Waals surface area contributed by atoms with Crippen LogP contribution < -0.4 is 10.6 Å². The first-order valence-corrected chi connectivity index (χ1v) is 9.28. The number of hydrogen-bond donors (Lipinski definition) is 2. The Morgan fingerprint density at radius 3 is 2.81 bits per heavy atom. The Hall–Kier alpha value is -2.60. The molecule has 2 aromatic heterocycles. The van der Waals surface area contributed by atoms with Crippen LogP contribution in [0.4, 0.5) is 5.82 Å². The molecule has 0 saturated heterocycles. The summed E-state index contributed by atoms with van der Waals surface area (Å²) >= 11 is 0. The quantitative estimate of drug-likeness (QED) is 0.671. The molecule has 0 fully saturated rings. The summed E-state index contributed by atoms with van der Waals surface area (Å²) in [4.78, 5) is 0. The molecule has 3 aromatic rings. The van der Waals surface area contributed by atoms with Gasteiger partial charge in [-0.1, -0.05) is 12.1 Å². The second-order valence-electron chi connectivity index (χ2n) is 7.10. The molecule has 6 nitrogen and oxygen atoms in total. The van der Waals surface area contributed by atoms with Gasteiger partial charge in [-0.25, -0.2) is 9.36 Å². The van der Waals surface area contributed by atoms with Crippen molar-refractivity contribution in [1.29, 1.82) is 0 Å². The molecule has 6 heteroatoms. The molecule has 0 saturated carbocycles. The third kappa shape index (κ3) is 3.65. The fraction of sp³-hybridized carbons (Fsp3) is 0.400. The minimum Gasteiger partial charge on any atom is -0.370 e. The highest BCUT2D eigenvalue weighted by atomic mass is 15.3. The van der Waals surface area contributed by atoms with Crippen LogP contribution in [0.15, 0.2) is 42.6 Å². The molecule has 0 aliphatic carbocycles. The summed E-state index contributed by atoms with van der Waals surface area (Å²) in [5.41, 5.74) is 4.68. The Kier molecular flexibility index (Phi) is 4.75. The fourth-order valence-corrected chi connectivity index (χ4v) is 3.56. The molecule has 136 valence electrons. The fourth-order valence-electron chi connectivity index (χ4n) is 3.56. The molecular weight excluding hydrogens is 324 g/mol. The molecule has 3 heterocycles. The van der Waals surface area contributed by atoms with Gasteiger partial charge in [0, 0.05) is 37.3 Å². The third-order valence-electron chi connectivity index (χ3n) is 4.93. The number of nitrogens with one attached hydrogen (secondary N) is 2. The Morgan fingerprint density at radius 2 is 2.04 bits per heavy atom. The number of anilines is 1. The molecule has 1 aromatic carbocycles. The smallest absolute Gasteiger partial charge is 0.124 e. The van der Waals surface area contributed by atoms with Gasteiger partial charge in [-0.2, -0.15) is 10.2 Å². The van der Waals surface area contributed by atoms with E-state index in [1.165, 1.54) is 11.3 Å². The maximum Gasteiger partial charge on any atom is 0.124 e. The Bertz CT molecular complexity index is 861. The number of aromatic nitrogens is 4. The minimum atomic E-state index is 0.579. The first-order chi connectivity index (χ1) is 12.7. The van der Waals surface area contributed by atoms with Crippen LogP contribution in [0.25, 0.3) is 5.69 Å². The van der Waals surface area contributed by atoms with E-state index in [2.05, 4.69) is 58.1 Å². The molecule has 2 N–H and O–H groups in total. The van der Waals surface area contributed by atoms with E-state index in [1.54, 1.807) is 0 Å². The molecule has 1 aliphatic heterocycles. The Labute approximate surface area is 154 Å². The molecule has 26 heavy (non-hydrogen) atoms. The third-order valence-corrected chi connectivity index (χ3v) is 4.93. The van der Waals surface area contributed by atoms with Gasteiger partial charge in [0.1, 0.15) is 5.82 Å². The number of nitrogens with zero attached hydrogens (tertiary/aromatic N) is 4. The normalized spacial score (nSPS) is 16.3. The van der Waals surface area contributed by atoms with Gasteiger partial charge in [0.15, 0.2) is 0 Å². The Morgan fingerprint density at radius 1 is 1.19 bits per heavy atom. The summed E-state index contributed by atoms with van der Waals surface area (Å²) in [5.74, 6) is 1.71. The lowest BCUT2D eigenvalue weighted by Gasteiger charge is -2.25. The zero-order valence-electron chi connectivity index (χ0n) is 15.4. The summed E-state index contributed by atoms with van der Waals surface area (Å²) in [7, 11) is 0. The van der Waals surface area contributed by atoms with Crippen LogP contribution in [0, 0.1) is 19.8 Å². The van der Waals surface area contributed by atoms with Crippen molar-refractivity contribution in [2.75, 3.05) is 25.0 Å². The van der Waals surface area contributed by atoms with E-state index in [4.69, 9.17) is 0 Å². The molecule has 4 rings (SSSR count). The highest BCUT2D eigenvalue weighted by Gasteiger charge is 2.17. The van der Waals surface area contributed by atoms with Crippen molar-refractivity contribution in [3.8, 4) is 5.69 Å². The van der Waals surface area contributed by atoms with E-state index < -0.39 is 0 Å². The Balaban J connectivity index is 1.25. The summed E-state index contributed by atoms with van der Waals surface area (Å²) in [5, 5.41) is 15.9. The monoisotopic (exact) mass is 350 g/mol. The van der Waals surface area contributed by atoms with Crippen LogP contribution in [0.5, 0.6) is 0 Å². The van der Waals surface area contributed by atoms with Gasteiger partial charge in [0.05, 0.1) is 17.6 Å². The zero-order chi connectivity index (χ0) is 17.9. The van der Waals surface area contributed by atoms with E-state index in [9.17, 15) is 0 Å². The van der Waals surface area contributed by atoms with E-state index in [0.717, 1.165) is 49.8 Å². The molecule has 0 bridgehead atoms. The van der Waals surface area contributed by atoms with Gasteiger partial charge in [-0.15, -0.1) is 0 Å². The maximum atomic E-state index is 4.54. The predicted molar refractivity (Wildman–Crippen MR) is 104 cm³/mol. The van der Waals surface area contributed by atoms with Crippen molar-refractivity contribution < 1.29 is 0 Å². The number of hydrogen-bond acceptors (Lipinski definition) is 4. The van der Waals surface area contributed by atoms with Crippen LogP contribution in [0.1, 0.15) is 17.0 Å². The standard InChI is InChI=1S/C20H26N6/c1-15-11-16(2)26(24-15)19-5-3-17(4-6-19)7-9-21-12-18-13-22-20-8-10-23-25(20)14-18/h3-6,8,10-11,18,21-22H,7,9,12-14H2,1-2H3/t18-/m1/s1. The van der Waals surface area contributed by atoms with Crippen molar-refractivity contribution in [1.82, 2.24) is 24.9 Å². The lowest BCUT2D eigenvalue weighted by molar-refractivity contribution is 0.393. The molecule has 0 amide bonds. The van der Waals surface area contributed by atoms with E-state index >= 15 is 0 Å². The average molecular weight is 350 g/mol. The molecular formula is C20H26N6. The average Bonchev–Trinajstić information content (AvgIpc) is 3.24. The lowest BCUT2D eigenvalue weighted by atomic mass is 10.1. The number of fused-ring (bicyclic) bond motifs is 1. The van der Waals surface area contributed by atoms with Crippen LogP contribution in [0.3, 0.4) is 0 Å². The molecule has 0 radical (unpaired) electrons. The summed E-state index contributed by atoms with van der Waals surface area (Å²) in [6.07, 6.45) is 2.89. The first-order valence-electron chi connectivity index (χ1n) is 9.28. The summed E-state index contributed by atoms with van der Waals surface area (Å²) in [6.45, 7) is 8.11. The molecule has 0 spiro atoms. The minimum absolute atomic E-state index is 0.579. The lowest BCUT2D eigenvalue weighted by Crippen LogP contribution is -2.36. The molecule has 1 atom stereocenters.